The normalized spacial score (nSPS) is 10.6. The minimum Gasteiger partial charge on any atom is -0.249 e. The second-order valence-electron chi connectivity index (χ2n) is 2.75. The molecule has 1 aromatic heterocycles. The minimum atomic E-state index is -0.291. The third-order valence-electron chi connectivity index (χ3n) is 1.90. The summed E-state index contributed by atoms with van der Waals surface area (Å²) < 4.78 is 13.2. The first-order valence-corrected chi connectivity index (χ1v) is 3.99. The van der Waals surface area contributed by atoms with E-state index in [4.69, 9.17) is 0 Å². The lowest BCUT2D eigenvalue weighted by Gasteiger charge is -2.00. The van der Waals surface area contributed by atoms with Gasteiger partial charge in [0.1, 0.15) is 11.3 Å². The van der Waals surface area contributed by atoms with Crippen molar-refractivity contribution >= 4 is 10.9 Å². The second kappa shape index (κ2) is 3.13. The van der Waals surface area contributed by atoms with Crippen LogP contribution in [0, 0.1) is 19.2 Å². The smallest absolute Gasteiger partial charge is 0.149 e. The zero-order valence-corrected chi connectivity index (χ0v) is 7.00. The SMILES string of the molecule is [CH2][CH]c1ccc2cccc(F)c2n1. The lowest BCUT2D eigenvalue weighted by atomic mass is 10.2. The number of rotatable bonds is 1. The van der Waals surface area contributed by atoms with Gasteiger partial charge in [-0.05, 0) is 19.1 Å². The molecule has 0 bridgehead atoms. The Balaban J connectivity index is 2.74. The van der Waals surface area contributed by atoms with Crippen molar-refractivity contribution in [2.45, 2.75) is 0 Å². The van der Waals surface area contributed by atoms with Crippen LogP contribution in [0.5, 0.6) is 0 Å². The molecular weight excluding hydrogens is 165 g/mol. The van der Waals surface area contributed by atoms with E-state index in [1.54, 1.807) is 12.5 Å². The lowest BCUT2D eigenvalue weighted by Crippen LogP contribution is -1.88. The molecule has 0 atom stereocenters. The van der Waals surface area contributed by atoms with Crippen LogP contribution in [0.15, 0.2) is 30.3 Å². The van der Waals surface area contributed by atoms with Gasteiger partial charge in [-0.2, -0.15) is 0 Å². The first kappa shape index (κ1) is 8.17. The number of hydrogen-bond acceptors (Lipinski definition) is 1. The maximum absolute atomic E-state index is 13.2. The number of hydrogen-bond donors (Lipinski definition) is 0. The predicted octanol–water partition coefficient (Wildman–Crippen LogP) is 2.76. The van der Waals surface area contributed by atoms with Crippen molar-refractivity contribution in [2.24, 2.45) is 0 Å². The summed E-state index contributed by atoms with van der Waals surface area (Å²) in [6.45, 7) is 3.58. The number of pyridine rings is 1. The maximum Gasteiger partial charge on any atom is 0.149 e. The molecule has 0 aliphatic rings. The molecular formula is C11H8FN. The molecule has 0 aliphatic carbocycles. The van der Waals surface area contributed by atoms with Gasteiger partial charge in [-0.1, -0.05) is 18.2 Å². The molecule has 2 aromatic rings. The first-order valence-electron chi connectivity index (χ1n) is 3.99. The number of halogens is 1. The third-order valence-corrected chi connectivity index (χ3v) is 1.90. The zero-order valence-electron chi connectivity index (χ0n) is 7.00. The average Bonchev–Trinajstić information content (AvgIpc) is 2.18. The Morgan fingerprint density at radius 1 is 1.23 bits per heavy atom. The molecule has 2 heteroatoms. The molecule has 0 saturated heterocycles. The summed E-state index contributed by atoms with van der Waals surface area (Å²) >= 11 is 0. The van der Waals surface area contributed by atoms with E-state index in [0.717, 1.165) is 5.39 Å². The van der Waals surface area contributed by atoms with Crippen LogP contribution in [0.2, 0.25) is 0 Å². The number of nitrogens with zero attached hydrogens (tertiary/aromatic N) is 1. The zero-order chi connectivity index (χ0) is 9.26. The second-order valence-corrected chi connectivity index (χ2v) is 2.75. The summed E-state index contributed by atoms with van der Waals surface area (Å²) in [6.07, 6.45) is 1.60. The fourth-order valence-electron chi connectivity index (χ4n) is 1.24. The molecule has 1 aromatic carbocycles. The van der Waals surface area contributed by atoms with Crippen molar-refractivity contribution in [3.63, 3.8) is 0 Å². The molecule has 0 fully saturated rings. The summed E-state index contributed by atoms with van der Waals surface area (Å²) in [6, 6.07) is 8.56. The van der Waals surface area contributed by atoms with Gasteiger partial charge in [-0.15, -0.1) is 0 Å². The van der Waals surface area contributed by atoms with Gasteiger partial charge in [0.25, 0.3) is 0 Å². The van der Waals surface area contributed by atoms with Crippen molar-refractivity contribution in [2.75, 3.05) is 0 Å². The number of benzene rings is 1. The Morgan fingerprint density at radius 2 is 2.08 bits per heavy atom. The number of fused-ring (bicyclic) bond motifs is 1. The topological polar surface area (TPSA) is 12.9 Å². The Bertz CT molecular complexity index is 437. The quantitative estimate of drug-likeness (QED) is 0.646. The van der Waals surface area contributed by atoms with E-state index < -0.39 is 0 Å². The Kier molecular flexibility index (Phi) is 1.97. The summed E-state index contributed by atoms with van der Waals surface area (Å²) in [5.74, 6) is -0.291. The van der Waals surface area contributed by atoms with Crippen LogP contribution in [-0.4, -0.2) is 4.98 Å². The molecule has 13 heavy (non-hydrogen) atoms. The number of aromatic nitrogens is 1. The third kappa shape index (κ3) is 1.39. The standard InChI is InChI=1S/C11H8FN/c1-2-9-7-6-8-4-3-5-10(12)11(8)13-9/h2-7H,1H2. The van der Waals surface area contributed by atoms with Crippen LogP contribution in [0.1, 0.15) is 5.69 Å². The van der Waals surface area contributed by atoms with Gasteiger partial charge in [0.15, 0.2) is 0 Å². The van der Waals surface area contributed by atoms with Gasteiger partial charge in [0.05, 0.1) is 0 Å². The van der Waals surface area contributed by atoms with Crippen molar-refractivity contribution in [1.29, 1.82) is 0 Å². The minimum absolute atomic E-state index is 0.291. The van der Waals surface area contributed by atoms with E-state index in [2.05, 4.69) is 11.9 Å². The van der Waals surface area contributed by atoms with E-state index in [9.17, 15) is 4.39 Å². The van der Waals surface area contributed by atoms with E-state index >= 15 is 0 Å². The Labute approximate surface area is 76.2 Å². The summed E-state index contributed by atoms with van der Waals surface area (Å²) in [5.41, 5.74) is 1.09. The van der Waals surface area contributed by atoms with Crippen LogP contribution in [0.4, 0.5) is 4.39 Å². The maximum atomic E-state index is 13.2. The van der Waals surface area contributed by atoms with Crippen LogP contribution in [0.3, 0.4) is 0 Å². The molecule has 0 aliphatic heterocycles. The van der Waals surface area contributed by atoms with Crippen molar-refractivity contribution in [3.8, 4) is 0 Å². The predicted molar refractivity (Wildman–Crippen MR) is 50.5 cm³/mol. The fraction of sp³-hybridized carbons (Fsp3) is 0. The van der Waals surface area contributed by atoms with Crippen molar-refractivity contribution in [1.82, 2.24) is 4.98 Å². The monoisotopic (exact) mass is 173 g/mol. The van der Waals surface area contributed by atoms with Gasteiger partial charge >= 0.3 is 0 Å². The largest absolute Gasteiger partial charge is 0.249 e. The van der Waals surface area contributed by atoms with Gasteiger partial charge in [0, 0.05) is 17.5 Å². The van der Waals surface area contributed by atoms with E-state index in [0.29, 0.717) is 11.2 Å². The molecule has 2 rings (SSSR count). The molecule has 64 valence electrons. The molecule has 1 heterocycles. The van der Waals surface area contributed by atoms with Crippen LogP contribution < -0.4 is 0 Å². The highest BCUT2D eigenvalue weighted by Gasteiger charge is 2.01. The molecule has 0 amide bonds. The molecule has 1 nitrogen and oxygen atoms in total. The van der Waals surface area contributed by atoms with Gasteiger partial charge in [0.2, 0.25) is 0 Å². The first-order chi connectivity index (χ1) is 6.31. The molecule has 0 N–H and O–H groups in total. The van der Waals surface area contributed by atoms with Crippen molar-refractivity contribution < 1.29 is 4.39 Å². The van der Waals surface area contributed by atoms with E-state index in [1.807, 2.05) is 18.2 Å². The lowest BCUT2D eigenvalue weighted by molar-refractivity contribution is 0.636. The van der Waals surface area contributed by atoms with Gasteiger partial charge in [-0.3, -0.25) is 0 Å². The fourth-order valence-corrected chi connectivity index (χ4v) is 1.24. The highest BCUT2D eigenvalue weighted by molar-refractivity contribution is 5.79. The van der Waals surface area contributed by atoms with Gasteiger partial charge in [-0.25, -0.2) is 9.37 Å². The summed E-state index contributed by atoms with van der Waals surface area (Å²) in [7, 11) is 0. The highest BCUT2D eigenvalue weighted by atomic mass is 19.1. The highest BCUT2D eigenvalue weighted by Crippen LogP contribution is 2.16. The molecule has 2 radical (unpaired) electrons. The molecule has 0 saturated carbocycles. The molecule has 0 spiro atoms. The molecule has 0 unspecified atom stereocenters. The van der Waals surface area contributed by atoms with E-state index in [-0.39, 0.29) is 5.82 Å². The summed E-state index contributed by atoms with van der Waals surface area (Å²) in [5, 5.41) is 0.811. The van der Waals surface area contributed by atoms with Crippen LogP contribution >= 0.6 is 0 Å². The number of para-hydroxylation sites is 1. The van der Waals surface area contributed by atoms with Crippen molar-refractivity contribution in [3.05, 3.63) is 55.2 Å². The van der Waals surface area contributed by atoms with E-state index in [1.165, 1.54) is 6.07 Å². The Morgan fingerprint density at radius 3 is 2.85 bits per heavy atom. The average molecular weight is 173 g/mol. The van der Waals surface area contributed by atoms with Gasteiger partial charge < -0.3 is 0 Å². The van der Waals surface area contributed by atoms with Crippen LogP contribution in [0.25, 0.3) is 10.9 Å². The Hall–Kier alpha value is -1.44. The van der Waals surface area contributed by atoms with Crippen LogP contribution in [-0.2, 0) is 0 Å². The summed E-state index contributed by atoms with van der Waals surface area (Å²) in [4.78, 5) is 4.10.